The van der Waals surface area contributed by atoms with E-state index in [1.807, 2.05) is 0 Å². The molecule has 3 heterocycles. The number of rotatable bonds is 3. The summed E-state index contributed by atoms with van der Waals surface area (Å²) in [6.45, 7) is 4.62. The Kier molecular flexibility index (Phi) is 3.61. The van der Waals surface area contributed by atoms with Crippen molar-refractivity contribution in [2.45, 2.75) is 12.5 Å². The number of aromatic nitrogens is 2. The van der Waals surface area contributed by atoms with Crippen LogP contribution in [0.1, 0.15) is 16.8 Å². The van der Waals surface area contributed by atoms with E-state index < -0.39 is 22.8 Å². The monoisotopic (exact) mass is 318 g/mol. The van der Waals surface area contributed by atoms with E-state index in [1.165, 1.54) is 10.8 Å². The maximum atomic E-state index is 14.4. The van der Waals surface area contributed by atoms with Gasteiger partial charge in [-0.3, -0.25) is 4.79 Å². The third kappa shape index (κ3) is 2.46. The molecule has 2 aromatic rings. The van der Waals surface area contributed by atoms with Crippen LogP contribution >= 0.6 is 0 Å². The number of carboxylic acid groups (broad SMARTS) is 1. The summed E-state index contributed by atoms with van der Waals surface area (Å²) < 4.78 is 15.7. The smallest absolute Gasteiger partial charge is 0.341 e. The zero-order chi connectivity index (χ0) is 16.7. The van der Waals surface area contributed by atoms with Gasteiger partial charge >= 0.3 is 5.97 Å². The number of carboxylic acids is 1. The zero-order valence-corrected chi connectivity index (χ0v) is 12.2. The highest BCUT2D eigenvalue weighted by Crippen LogP contribution is 2.24. The number of carbonyl (C=O) groups is 1. The molecule has 0 aliphatic carbocycles. The Morgan fingerprint density at radius 2 is 2.30 bits per heavy atom. The fraction of sp³-hybridized carbons (Fsp3) is 0.267. The Morgan fingerprint density at radius 3 is 2.87 bits per heavy atom. The number of hydrogen-bond donors (Lipinski definition) is 2. The highest BCUT2D eigenvalue weighted by atomic mass is 19.1. The van der Waals surface area contributed by atoms with Crippen molar-refractivity contribution < 1.29 is 14.3 Å². The quantitative estimate of drug-likeness (QED) is 0.871. The number of hydrogen-bond acceptors (Lipinski definition) is 5. The Hall–Kier alpha value is -2.74. The highest BCUT2D eigenvalue weighted by molar-refractivity contribution is 5.92. The van der Waals surface area contributed by atoms with E-state index in [9.17, 15) is 14.0 Å². The van der Waals surface area contributed by atoms with Gasteiger partial charge in [0.05, 0.1) is 5.39 Å². The molecule has 1 aliphatic rings. The molecule has 120 valence electrons. The Labute approximate surface area is 130 Å². The molecule has 7 nitrogen and oxygen atoms in total. The Morgan fingerprint density at radius 1 is 1.57 bits per heavy atom. The van der Waals surface area contributed by atoms with Gasteiger partial charge in [0.1, 0.15) is 5.56 Å². The van der Waals surface area contributed by atoms with E-state index in [2.05, 4.69) is 11.6 Å². The summed E-state index contributed by atoms with van der Waals surface area (Å²) in [4.78, 5) is 29.3. The van der Waals surface area contributed by atoms with E-state index in [0.717, 1.165) is 18.7 Å². The average Bonchev–Trinajstić information content (AvgIpc) is 2.93. The van der Waals surface area contributed by atoms with Gasteiger partial charge in [-0.05, 0) is 12.5 Å². The number of nitrogens with zero attached hydrogens (tertiary/aromatic N) is 3. The zero-order valence-electron chi connectivity index (χ0n) is 12.2. The molecule has 8 heteroatoms. The van der Waals surface area contributed by atoms with Gasteiger partial charge in [-0.2, -0.15) is 0 Å². The van der Waals surface area contributed by atoms with Crippen LogP contribution in [0, 0.1) is 5.82 Å². The van der Waals surface area contributed by atoms with Gasteiger partial charge in [-0.25, -0.2) is 14.2 Å². The van der Waals surface area contributed by atoms with Crippen molar-refractivity contribution in [3.63, 3.8) is 0 Å². The molecule has 3 rings (SSSR count). The van der Waals surface area contributed by atoms with E-state index in [4.69, 9.17) is 10.8 Å². The summed E-state index contributed by atoms with van der Waals surface area (Å²) in [6.07, 6.45) is 3.17. The normalized spacial score (nSPS) is 17.7. The molecular weight excluding hydrogens is 303 g/mol. The van der Waals surface area contributed by atoms with Gasteiger partial charge in [0, 0.05) is 31.5 Å². The van der Waals surface area contributed by atoms with Gasteiger partial charge in [0.2, 0.25) is 5.43 Å². The summed E-state index contributed by atoms with van der Waals surface area (Å²) in [5, 5.41) is 8.98. The molecule has 2 aromatic heterocycles. The molecule has 0 aromatic carbocycles. The van der Waals surface area contributed by atoms with Crippen molar-refractivity contribution in [3.05, 3.63) is 40.4 Å². The van der Waals surface area contributed by atoms with E-state index in [-0.39, 0.29) is 22.9 Å². The number of pyridine rings is 2. The van der Waals surface area contributed by atoms with Gasteiger partial charge < -0.3 is 20.3 Å². The predicted octanol–water partition coefficient (Wildman–Crippen LogP) is 0.872. The van der Waals surface area contributed by atoms with Crippen LogP contribution < -0.4 is 16.1 Å². The minimum atomic E-state index is -1.39. The summed E-state index contributed by atoms with van der Waals surface area (Å²) in [7, 11) is 0. The highest BCUT2D eigenvalue weighted by Gasteiger charge is 2.25. The fourth-order valence-electron chi connectivity index (χ4n) is 2.73. The maximum Gasteiger partial charge on any atom is 0.341 e. The van der Waals surface area contributed by atoms with Gasteiger partial charge in [-0.1, -0.05) is 6.58 Å². The molecule has 23 heavy (non-hydrogen) atoms. The molecule has 1 aliphatic heterocycles. The van der Waals surface area contributed by atoms with Crippen molar-refractivity contribution in [2.24, 2.45) is 5.73 Å². The van der Waals surface area contributed by atoms with Crippen molar-refractivity contribution in [2.75, 3.05) is 18.0 Å². The second kappa shape index (κ2) is 5.47. The first kappa shape index (κ1) is 15.2. The lowest BCUT2D eigenvalue weighted by molar-refractivity contribution is 0.0695. The molecule has 1 fully saturated rings. The van der Waals surface area contributed by atoms with Crippen LogP contribution in [0.5, 0.6) is 0 Å². The second-order valence-corrected chi connectivity index (χ2v) is 5.43. The van der Waals surface area contributed by atoms with Gasteiger partial charge in [0.25, 0.3) is 0 Å². The molecule has 0 amide bonds. The number of anilines is 1. The average molecular weight is 318 g/mol. The Balaban J connectivity index is 2.27. The largest absolute Gasteiger partial charge is 0.477 e. The molecule has 0 spiro atoms. The molecule has 0 radical (unpaired) electrons. The number of nitrogens with two attached hydrogens (primary N) is 1. The minimum absolute atomic E-state index is 0.0529. The van der Waals surface area contributed by atoms with Crippen LogP contribution in [-0.4, -0.2) is 39.8 Å². The van der Waals surface area contributed by atoms with Crippen molar-refractivity contribution in [3.8, 4) is 0 Å². The molecule has 0 saturated carbocycles. The van der Waals surface area contributed by atoms with Gasteiger partial charge in [0.15, 0.2) is 17.3 Å². The SMILES string of the molecule is C=Cn1cc(C(=O)O)c(=O)c2cc(F)c(N3CCC(N)C3)nc21. The molecule has 3 N–H and O–H groups in total. The summed E-state index contributed by atoms with van der Waals surface area (Å²) in [5.74, 6) is -1.96. The van der Waals surface area contributed by atoms with Crippen LogP contribution in [0.15, 0.2) is 23.6 Å². The maximum absolute atomic E-state index is 14.4. The van der Waals surface area contributed by atoms with E-state index >= 15 is 0 Å². The number of fused-ring (bicyclic) bond motifs is 1. The minimum Gasteiger partial charge on any atom is -0.477 e. The third-order valence-corrected chi connectivity index (χ3v) is 3.89. The van der Waals surface area contributed by atoms with Crippen molar-refractivity contribution >= 4 is 29.0 Å². The predicted molar refractivity (Wildman–Crippen MR) is 84.1 cm³/mol. The molecule has 0 bridgehead atoms. The van der Waals surface area contributed by atoms with E-state index in [0.29, 0.717) is 13.1 Å². The van der Waals surface area contributed by atoms with Crippen molar-refractivity contribution in [1.82, 2.24) is 9.55 Å². The van der Waals surface area contributed by atoms with Crippen LogP contribution in [0.4, 0.5) is 10.2 Å². The van der Waals surface area contributed by atoms with Crippen molar-refractivity contribution in [1.29, 1.82) is 0 Å². The second-order valence-electron chi connectivity index (χ2n) is 5.43. The molecule has 1 atom stereocenters. The molecule has 1 unspecified atom stereocenters. The first-order valence-electron chi connectivity index (χ1n) is 7.04. The lowest BCUT2D eigenvalue weighted by Gasteiger charge is -2.18. The topological polar surface area (TPSA) is 101 Å². The lowest BCUT2D eigenvalue weighted by Crippen LogP contribution is -2.28. The standard InChI is InChI=1S/C15H15FN4O3/c1-2-19-7-10(15(22)23)12(21)9-5-11(16)14(18-13(9)19)20-4-3-8(17)6-20/h2,5,7-8H,1,3-4,6,17H2,(H,22,23). The number of aromatic carboxylic acids is 1. The van der Waals surface area contributed by atoms with E-state index in [1.54, 1.807) is 4.90 Å². The summed E-state index contributed by atoms with van der Waals surface area (Å²) in [5.41, 5.74) is 4.75. The van der Waals surface area contributed by atoms with Gasteiger partial charge in [-0.15, -0.1) is 0 Å². The van der Waals surface area contributed by atoms with Crippen LogP contribution in [0.3, 0.4) is 0 Å². The fourth-order valence-corrected chi connectivity index (χ4v) is 2.73. The molecule has 1 saturated heterocycles. The van der Waals surface area contributed by atoms with Crippen LogP contribution in [-0.2, 0) is 0 Å². The summed E-state index contributed by atoms with van der Waals surface area (Å²) >= 11 is 0. The summed E-state index contributed by atoms with van der Waals surface area (Å²) in [6, 6.07) is 0.971. The Bertz CT molecular complexity index is 877. The van der Waals surface area contributed by atoms with Crippen LogP contribution in [0.25, 0.3) is 17.2 Å². The first-order valence-corrected chi connectivity index (χ1v) is 7.04. The van der Waals surface area contributed by atoms with Crippen LogP contribution in [0.2, 0.25) is 0 Å². The third-order valence-electron chi connectivity index (χ3n) is 3.89. The number of halogens is 1. The lowest BCUT2D eigenvalue weighted by atomic mass is 10.2. The first-order chi connectivity index (χ1) is 10.9. The molecular formula is C15H15FN4O3.